The highest BCUT2D eigenvalue weighted by Crippen LogP contribution is 2.56. The molecule has 110 valence electrons. The Bertz CT molecular complexity index is 791. The summed E-state index contributed by atoms with van der Waals surface area (Å²) in [5.74, 6) is 2.19. The molecule has 2 aromatic rings. The van der Waals surface area contributed by atoms with Gasteiger partial charge in [-0.2, -0.15) is 5.26 Å². The van der Waals surface area contributed by atoms with Crippen molar-refractivity contribution in [1.29, 1.82) is 5.26 Å². The van der Waals surface area contributed by atoms with Crippen LogP contribution in [0.5, 0.6) is 11.5 Å². The first-order valence-electron chi connectivity index (χ1n) is 7.52. The van der Waals surface area contributed by atoms with Crippen LogP contribution in [-0.2, 0) is 0 Å². The minimum Gasteiger partial charge on any atom is -0.497 e. The van der Waals surface area contributed by atoms with Gasteiger partial charge < -0.3 is 9.47 Å². The van der Waals surface area contributed by atoms with Crippen molar-refractivity contribution in [2.75, 3.05) is 14.2 Å². The Morgan fingerprint density at radius 1 is 0.909 bits per heavy atom. The Hall–Kier alpha value is -2.47. The van der Waals surface area contributed by atoms with Crippen LogP contribution in [0.15, 0.2) is 36.4 Å². The van der Waals surface area contributed by atoms with Gasteiger partial charge in [-0.3, -0.25) is 0 Å². The van der Waals surface area contributed by atoms with Crippen molar-refractivity contribution < 1.29 is 9.47 Å². The molecule has 0 aromatic heterocycles. The molecule has 3 nitrogen and oxygen atoms in total. The van der Waals surface area contributed by atoms with Crippen LogP contribution in [0.4, 0.5) is 0 Å². The maximum absolute atomic E-state index is 9.59. The topological polar surface area (TPSA) is 42.2 Å². The summed E-state index contributed by atoms with van der Waals surface area (Å²) in [7, 11) is 3.38. The third kappa shape index (κ3) is 1.67. The normalized spacial score (nSPS) is 24.1. The van der Waals surface area contributed by atoms with E-state index in [0.717, 1.165) is 17.9 Å². The molecule has 3 atom stereocenters. The summed E-state index contributed by atoms with van der Waals surface area (Å²) in [6.07, 6.45) is 0.890. The van der Waals surface area contributed by atoms with Gasteiger partial charge in [0.1, 0.15) is 11.5 Å². The maximum Gasteiger partial charge on any atom is 0.119 e. The third-order valence-electron chi connectivity index (χ3n) is 5.07. The van der Waals surface area contributed by atoms with E-state index < -0.39 is 0 Å². The van der Waals surface area contributed by atoms with Crippen LogP contribution in [0.2, 0.25) is 0 Å². The summed E-state index contributed by atoms with van der Waals surface area (Å²) in [6.45, 7) is 0. The van der Waals surface area contributed by atoms with Crippen molar-refractivity contribution in [2.45, 2.75) is 18.3 Å². The van der Waals surface area contributed by atoms with Gasteiger partial charge in [0.2, 0.25) is 0 Å². The van der Waals surface area contributed by atoms with Gasteiger partial charge in [0, 0.05) is 11.8 Å². The number of ether oxygens (including phenoxy) is 2. The molecule has 0 spiro atoms. The lowest BCUT2D eigenvalue weighted by Gasteiger charge is -2.43. The van der Waals surface area contributed by atoms with Crippen LogP contribution < -0.4 is 9.47 Å². The Morgan fingerprint density at radius 3 is 2.18 bits per heavy atom. The van der Waals surface area contributed by atoms with E-state index in [-0.39, 0.29) is 17.8 Å². The zero-order valence-electron chi connectivity index (χ0n) is 12.7. The average molecular weight is 291 g/mol. The van der Waals surface area contributed by atoms with Crippen LogP contribution in [-0.4, -0.2) is 14.2 Å². The molecule has 0 saturated carbocycles. The quantitative estimate of drug-likeness (QED) is 0.844. The van der Waals surface area contributed by atoms with E-state index in [0.29, 0.717) is 0 Å². The summed E-state index contributed by atoms with van der Waals surface area (Å²) < 4.78 is 10.8. The fourth-order valence-electron chi connectivity index (χ4n) is 4.07. The minimum atomic E-state index is 0.0329. The lowest BCUT2D eigenvalue weighted by molar-refractivity contribution is 0.397. The number of nitriles is 1. The second kappa shape index (κ2) is 4.78. The molecule has 2 bridgehead atoms. The molecule has 0 radical (unpaired) electrons. The first-order valence-corrected chi connectivity index (χ1v) is 7.52. The average Bonchev–Trinajstić information content (AvgIpc) is 2.60. The largest absolute Gasteiger partial charge is 0.497 e. The Labute approximate surface area is 130 Å². The monoisotopic (exact) mass is 291 g/mol. The number of nitrogens with zero attached hydrogens (tertiary/aromatic N) is 1. The first-order chi connectivity index (χ1) is 10.8. The van der Waals surface area contributed by atoms with Crippen LogP contribution in [0, 0.1) is 17.2 Å². The van der Waals surface area contributed by atoms with E-state index in [1.807, 2.05) is 12.1 Å². The minimum absolute atomic E-state index is 0.0329. The smallest absolute Gasteiger partial charge is 0.119 e. The van der Waals surface area contributed by atoms with Crippen molar-refractivity contribution in [3.05, 3.63) is 58.7 Å². The molecule has 22 heavy (non-hydrogen) atoms. The van der Waals surface area contributed by atoms with Gasteiger partial charge in [-0.25, -0.2) is 0 Å². The number of hydrogen-bond donors (Lipinski definition) is 0. The van der Waals surface area contributed by atoms with Gasteiger partial charge in [0.25, 0.3) is 0 Å². The molecule has 0 saturated heterocycles. The maximum atomic E-state index is 9.59. The summed E-state index contributed by atoms with van der Waals surface area (Å²) >= 11 is 0. The highest BCUT2D eigenvalue weighted by molar-refractivity contribution is 5.59. The number of hydrogen-bond acceptors (Lipinski definition) is 3. The predicted molar refractivity (Wildman–Crippen MR) is 83.4 cm³/mol. The van der Waals surface area contributed by atoms with Gasteiger partial charge in [0.05, 0.1) is 26.2 Å². The van der Waals surface area contributed by atoms with E-state index in [1.54, 1.807) is 14.2 Å². The fourth-order valence-corrected chi connectivity index (χ4v) is 4.07. The molecule has 0 heterocycles. The summed E-state index contributed by atoms with van der Waals surface area (Å²) in [5.41, 5.74) is 5.16. The van der Waals surface area contributed by atoms with Crippen molar-refractivity contribution in [2.24, 2.45) is 5.92 Å². The molecular formula is C19H17NO2. The molecule has 0 N–H and O–H groups in total. The van der Waals surface area contributed by atoms with Crippen LogP contribution in [0.25, 0.3) is 0 Å². The van der Waals surface area contributed by atoms with Crippen LogP contribution in [0.3, 0.4) is 0 Å². The molecule has 2 aromatic carbocycles. The lowest BCUT2D eigenvalue weighted by atomic mass is 9.59. The molecule has 3 aliphatic carbocycles. The van der Waals surface area contributed by atoms with Crippen molar-refractivity contribution in [3.8, 4) is 17.6 Å². The Kier molecular flexibility index (Phi) is 2.87. The van der Waals surface area contributed by atoms with Crippen molar-refractivity contribution in [1.82, 2.24) is 0 Å². The Morgan fingerprint density at radius 2 is 1.55 bits per heavy atom. The standard InChI is InChI=1S/C19H17NO2/c1-21-12-4-6-15-17(8-12)16-7-11(10-20)19(15)18-9-13(22-2)3-5-14(16)18/h3-6,8-9,11,16,19H,7H2,1-2H3. The van der Waals surface area contributed by atoms with E-state index in [9.17, 15) is 5.26 Å². The summed E-state index contributed by atoms with van der Waals surface area (Å²) in [5, 5.41) is 9.59. The van der Waals surface area contributed by atoms with Gasteiger partial charge in [-0.05, 0) is 52.9 Å². The van der Waals surface area contributed by atoms with Crippen molar-refractivity contribution in [3.63, 3.8) is 0 Å². The fraction of sp³-hybridized carbons (Fsp3) is 0.316. The lowest BCUT2D eigenvalue weighted by Crippen LogP contribution is -2.31. The van der Waals surface area contributed by atoms with E-state index in [2.05, 4.69) is 30.3 Å². The molecule has 0 fully saturated rings. The highest BCUT2D eigenvalue weighted by Gasteiger charge is 2.43. The zero-order valence-corrected chi connectivity index (χ0v) is 12.7. The predicted octanol–water partition coefficient (Wildman–Crippen LogP) is 3.82. The molecular weight excluding hydrogens is 274 g/mol. The summed E-state index contributed by atoms with van der Waals surface area (Å²) in [4.78, 5) is 0. The number of fused-ring (bicyclic) bond motifs is 1. The molecule has 5 rings (SSSR count). The molecule has 3 unspecified atom stereocenters. The van der Waals surface area contributed by atoms with Gasteiger partial charge in [0.15, 0.2) is 0 Å². The van der Waals surface area contributed by atoms with E-state index in [1.165, 1.54) is 22.3 Å². The van der Waals surface area contributed by atoms with Gasteiger partial charge >= 0.3 is 0 Å². The van der Waals surface area contributed by atoms with Gasteiger partial charge in [-0.1, -0.05) is 12.1 Å². The Balaban J connectivity index is 1.95. The van der Waals surface area contributed by atoms with Crippen LogP contribution in [0.1, 0.15) is 40.5 Å². The number of rotatable bonds is 2. The molecule has 0 aliphatic heterocycles. The van der Waals surface area contributed by atoms with E-state index >= 15 is 0 Å². The molecule has 0 amide bonds. The zero-order chi connectivity index (χ0) is 15.3. The summed E-state index contributed by atoms with van der Waals surface area (Å²) in [6, 6.07) is 15.0. The second-order valence-corrected chi connectivity index (χ2v) is 5.99. The second-order valence-electron chi connectivity index (χ2n) is 5.99. The first kappa shape index (κ1) is 13.2. The van der Waals surface area contributed by atoms with E-state index in [4.69, 9.17) is 9.47 Å². The third-order valence-corrected chi connectivity index (χ3v) is 5.07. The molecule has 3 aliphatic rings. The van der Waals surface area contributed by atoms with Crippen molar-refractivity contribution >= 4 is 0 Å². The highest BCUT2D eigenvalue weighted by atomic mass is 16.5. The number of methoxy groups -OCH3 is 2. The molecule has 3 heteroatoms. The van der Waals surface area contributed by atoms with Crippen LogP contribution >= 0.6 is 0 Å². The SMILES string of the molecule is COc1ccc2c(c1)C1CC(C#N)C2c2cc(OC)ccc21. The number of benzene rings is 2. The van der Waals surface area contributed by atoms with Gasteiger partial charge in [-0.15, -0.1) is 0 Å².